The first-order valence-corrected chi connectivity index (χ1v) is 7.28. The Balaban J connectivity index is 1.99. The largest absolute Gasteiger partial charge is 0.310 e. The highest BCUT2D eigenvalue weighted by Gasteiger charge is 2.66. The third-order valence-electron chi connectivity index (χ3n) is 6.56. The smallest absolute Gasteiger partial charge is 0.233 e. The Morgan fingerprint density at radius 3 is 2.47 bits per heavy atom. The maximum absolute atomic E-state index is 7.59. The van der Waals surface area contributed by atoms with Gasteiger partial charge in [0.15, 0.2) is 0 Å². The molecule has 3 aliphatic carbocycles. The minimum Gasteiger partial charge on any atom is -0.310 e. The quantitative estimate of drug-likeness (QED) is 0.589. The van der Waals surface area contributed by atoms with E-state index < -0.39 is 0 Å². The Labute approximate surface area is 106 Å². The van der Waals surface area contributed by atoms with Gasteiger partial charge < -0.3 is 4.85 Å². The van der Waals surface area contributed by atoms with Crippen molar-refractivity contribution in [2.75, 3.05) is 0 Å². The summed E-state index contributed by atoms with van der Waals surface area (Å²) in [5.41, 5.74) is 0.541. The lowest BCUT2D eigenvalue weighted by atomic mass is 9.66. The molecule has 1 heteroatoms. The van der Waals surface area contributed by atoms with E-state index in [0.29, 0.717) is 11.3 Å². The van der Waals surface area contributed by atoms with Crippen LogP contribution in [0.5, 0.6) is 0 Å². The van der Waals surface area contributed by atoms with Crippen molar-refractivity contribution in [2.24, 2.45) is 35.0 Å². The number of fused-ring (bicyclic) bond motifs is 1. The average Bonchev–Trinajstić information content (AvgIpc) is 2.69. The van der Waals surface area contributed by atoms with E-state index in [2.05, 4.69) is 32.5 Å². The van der Waals surface area contributed by atoms with Gasteiger partial charge in [0, 0.05) is 19.3 Å². The van der Waals surface area contributed by atoms with Crippen LogP contribution >= 0.6 is 0 Å². The van der Waals surface area contributed by atoms with E-state index in [1.807, 2.05) is 0 Å². The Bertz CT molecular complexity index is 379. The van der Waals surface area contributed by atoms with Gasteiger partial charge in [-0.05, 0) is 48.3 Å². The minimum absolute atomic E-state index is 0.0352. The fourth-order valence-electron chi connectivity index (χ4n) is 5.58. The monoisotopic (exact) mass is 231 g/mol. The molecule has 3 fully saturated rings. The third-order valence-corrected chi connectivity index (χ3v) is 6.56. The summed E-state index contributed by atoms with van der Waals surface area (Å²) in [6, 6.07) is 0. The number of hydrogen-bond donors (Lipinski definition) is 0. The second kappa shape index (κ2) is 3.28. The Hall–Kier alpha value is -0.510. The number of hydrogen-bond acceptors (Lipinski definition) is 0. The van der Waals surface area contributed by atoms with Gasteiger partial charge in [0.25, 0.3) is 0 Å². The summed E-state index contributed by atoms with van der Waals surface area (Å²) in [5.74, 6) is 4.16. The fourth-order valence-corrected chi connectivity index (χ4v) is 5.58. The van der Waals surface area contributed by atoms with Crippen LogP contribution < -0.4 is 0 Å². The van der Waals surface area contributed by atoms with Crippen molar-refractivity contribution in [1.29, 1.82) is 0 Å². The highest BCUT2D eigenvalue weighted by atomic mass is 14.9. The van der Waals surface area contributed by atoms with E-state index in [0.717, 1.165) is 23.7 Å². The first kappa shape index (κ1) is 11.6. The lowest BCUT2D eigenvalue weighted by Gasteiger charge is -2.38. The topological polar surface area (TPSA) is 4.36 Å². The van der Waals surface area contributed by atoms with E-state index in [-0.39, 0.29) is 5.54 Å². The molecule has 0 heterocycles. The van der Waals surface area contributed by atoms with Crippen LogP contribution in [0, 0.1) is 41.6 Å². The van der Waals surface area contributed by atoms with Gasteiger partial charge >= 0.3 is 0 Å². The van der Waals surface area contributed by atoms with Gasteiger partial charge in [-0.25, -0.2) is 6.57 Å². The Kier molecular flexibility index (Phi) is 2.23. The van der Waals surface area contributed by atoms with Crippen molar-refractivity contribution in [3.8, 4) is 0 Å². The minimum atomic E-state index is -0.0352. The molecule has 0 aromatic carbocycles. The molecule has 3 saturated carbocycles. The molecule has 0 saturated heterocycles. The van der Waals surface area contributed by atoms with Crippen LogP contribution in [0.25, 0.3) is 4.85 Å². The molecular formula is C16H25N. The zero-order chi connectivity index (χ0) is 12.4. The Morgan fingerprint density at radius 1 is 1.18 bits per heavy atom. The predicted octanol–water partition coefficient (Wildman–Crippen LogP) is 4.39. The van der Waals surface area contributed by atoms with Gasteiger partial charge in [0.1, 0.15) is 0 Å². The maximum Gasteiger partial charge on any atom is 0.233 e. The second-order valence-corrected chi connectivity index (χ2v) is 7.85. The first-order chi connectivity index (χ1) is 7.89. The molecule has 0 radical (unpaired) electrons. The highest BCUT2D eigenvalue weighted by molar-refractivity contribution is 5.18. The molecule has 94 valence electrons. The molecule has 3 aliphatic rings. The van der Waals surface area contributed by atoms with Gasteiger partial charge in [-0.2, -0.15) is 0 Å². The lowest BCUT2D eigenvalue weighted by Crippen LogP contribution is -2.40. The molecule has 0 aliphatic heterocycles. The summed E-state index contributed by atoms with van der Waals surface area (Å²) in [5, 5.41) is 0. The molecule has 6 atom stereocenters. The van der Waals surface area contributed by atoms with Crippen LogP contribution in [0.4, 0.5) is 0 Å². The number of rotatable bonds is 1. The van der Waals surface area contributed by atoms with Crippen molar-refractivity contribution in [3.05, 3.63) is 11.4 Å². The molecule has 0 aromatic rings. The summed E-state index contributed by atoms with van der Waals surface area (Å²) >= 11 is 0. The zero-order valence-corrected chi connectivity index (χ0v) is 11.7. The van der Waals surface area contributed by atoms with Crippen molar-refractivity contribution in [3.63, 3.8) is 0 Å². The first-order valence-electron chi connectivity index (χ1n) is 7.28. The van der Waals surface area contributed by atoms with E-state index >= 15 is 0 Å². The maximum atomic E-state index is 7.59. The van der Waals surface area contributed by atoms with Crippen molar-refractivity contribution in [2.45, 2.75) is 58.9 Å². The van der Waals surface area contributed by atoms with Crippen molar-refractivity contribution >= 4 is 0 Å². The summed E-state index contributed by atoms with van der Waals surface area (Å²) < 4.78 is 0. The number of nitrogens with zero attached hydrogens (tertiary/aromatic N) is 1. The van der Waals surface area contributed by atoms with Gasteiger partial charge in [-0.1, -0.05) is 20.8 Å². The molecule has 1 nitrogen and oxygen atoms in total. The van der Waals surface area contributed by atoms with Crippen LogP contribution in [0.1, 0.15) is 53.4 Å². The fraction of sp³-hybridized carbons (Fsp3) is 0.938. The van der Waals surface area contributed by atoms with Gasteiger partial charge in [-0.3, -0.25) is 0 Å². The SMILES string of the molecule is [C-]#[N+]C1(C)CC2C3CC1CC3(C)C[C@H]2C(C)C. The van der Waals surface area contributed by atoms with Gasteiger partial charge in [0.05, 0.1) is 0 Å². The molecule has 3 rings (SSSR count). The van der Waals surface area contributed by atoms with Gasteiger partial charge in [-0.15, -0.1) is 0 Å². The predicted molar refractivity (Wildman–Crippen MR) is 70.4 cm³/mol. The van der Waals surface area contributed by atoms with Crippen molar-refractivity contribution in [1.82, 2.24) is 0 Å². The normalized spacial score (nSPS) is 56.2. The van der Waals surface area contributed by atoms with E-state index in [4.69, 9.17) is 6.57 Å². The van der Waals surface area contributed by atoms with E-state index in [1.165, 1.54) is 25.7 Å². The molecule has 0 aromatic heterocycles. The zero-order valence-electron chi connectivity index (χ0n) is 11.7. The van der Waals surface area contributed by atoms with E-state index in [9.17, 15) is 0 Å². The van der Waals surface area contributed by atoms with E-state index in [1.54, 1.807) is 0 Å². The molecule has 17 heavy (non-hydrogen) atoms. The summed E-state index contributed by atoms with van der Waals surface area (Å²) in [4.78, 5) is 4.05. The summed E-state index contributed by atoms with van der Waals surface area (Å²) in [6.07, 6.45) is 5.30. The third kappa shape index (κ3) is 1.36. The molecular weight excluding hydrogens is 206 g/mol. The molecule has 5 unspecified atom stereocenters. The Morgan fingerprint density at radius 2 is 1.88 bits per heavy atom. The van der Waals surface area contributed by atoms with Crippen LogP contribution in [0.3, 0.4) is 0 Å². The standard InChI is InChI=1S/C16H25N/c1-10(2)12-8-15(3)7-11-6-14(15)13(12)9-16(11,4)17-5/h10-14H,6-9H2,1-4H3/t11?,12-,13?,14?,15?,16?/m0/s1. The lowest BCUT2D eigenvalue weighted by molar-refractivity contribution is 0.129. The van der Waals surface area contributed by atoms with Gasteiger partial charge in [0.2, 0.25) is 5.54 Å². The molecule has 0 amide bonds. The van der Waals surface area contributed by atoms with Crippen molar-refractivity contribution < 1.29 is 0 Å². The second-order valence-electron chi connectivity index (χ2n) is 7.85. The van der Waals surface area contributed by atoms with Crippen LogP contribution in [0.2, 0.25) is 0 Å². The molecule has 2 bridgehead atoms. The average molecular weight is 231 g/mol. The highest BCUT2D eigenvalue weighted by Crippen LogP contribution is 2.69. The summed E-state index contributed by atoms with van der Waals surface area (Å²) in [7, 11) is 0. The molecule has 0 spiro atoms. The van der Waals surface area contributed by atoms with Crippen LogP contribution in [-0.4, -0.2) is 5.54 Å². The van der Waals surface area contributed by atoms with Crippen LogP contribution in [-0.2, 0) is 0 Å². The molecule has 0 N–H and O–H groups in total. The summed E-state index contributed by atoms with van der Waals surface area (Å²) in [6.45, 7) is 17.1. The van der Waals surface area contributed by atoms with Crippen LogP contribution in [0.15, 0.2) is 0 Å².